The molecule has 0 bridgehead atoms. The van der Waals surface area contributed by atoms with Crippen molar-refractivity contribution >= 4 is 17.8 Å². The van der Waals surface area contributed by atoms with Gasteiger partial charge in [-0.05, 0) is 6.92 Å². The third kappa shape index (κ3) is 6.89. The van der Waals surface area contributed by atoms with E-state index in [1.54, 1.807) is 5.32 Å². The van der Waals surface area contributed by atoms with Gasteiger partial charge in [-0.3, -0.25) is 24.9 Å². The molecular formula is C9H14F3N3O5. The first kappa shape index (κ1) is 18.1. The number of nitrogens with one attached hydrogen (secondary N) is 3. The van der Waals surface area contributed by atoms with Crippen LogP contribution in [-0.2, 0) is 14.4 Å². The first-order valence-corrected chi connectivity index (χ1v) is 5.33. The van der Waals surface area contributed by atoms with Crippen LogP contribution in [0.3, 0.4) is 0 Å². The minimum absolute atomic E-state index is 0.809. The van der Waals surface area contributed by atoms with Gasteiger partial charge in [-0.2, -0.15) is 13.2 Å². The fourth-order valence-corrected chi connectivity index (χ4v) is 1.18. The minimum atomic E-state index is -4.83. The lowest BCUT2D eigenvalue weighted by molar-refractivity contribution is -0.164. The summed E-state index contributed by atoms with van der Waals surface area (Å²) >= 11 is 0. The maximum Gasteiger partial charge on any atom is 0.404 e. The lowest BCUT2D eigenvalue weighted by Crippen LogP contribution is -2.53. The van der Waals surface area contributed by atoms with Crippen LogP contribution in [0, 0.1) is 0 Å². The van der Waals surface area contributed by atoms with Crippen LogP contribution in [-0.4, -0.2) is 52.9 Å². The molecule has 0 radical (unpaired) electrons. The van der Waals surface area contributed by atoms with Crippen LogP contribution < -0.4 is 16.1 Å². The number of carboxylic acid groups (broad SMARTS) is 1. The first-order chi connectivity index (χ1) is 9.07. The predicted octanol–water partition coefficient (Wildman–Crippen LogP) is -1.01. The van der Waals surface area contributed by atoms with Gasteiger partial charge in [0.2, 0.25) is 5.91 Å². The maximum absolute atomic E-state index is 12.7. The van der Waals surface area contributed by atoms with Crippen molar-refractivity contribution in [3.63, 3.8) is 0 Å². The van der Waals surface area contributed by atoms with Crippen molar-refractivity contribution in [1.29, 1.82) is 0 Å². The highest BCUT2D eigenvalue weighted by Gasteiger charge is 2.42. The molecule has 2 amide bonds. The van der Waals surface area contributed by atoms with E-state index in [4.69, 9.17) is 10.3 Å². The van der Waals surface area contributed by atoms with Gasteiger partial charge in [-0.25, -0.2) is 5.48 Å². The van der Waals surface area contributed by atoms with Gasteiger partial charge in [0.1, 0.15) is 12.6 Å². The van der Waals surface area contributed by atoms with E-state index in [9.17, 15) is 27.6 Å². The molecule has 0 saturated carbocycles. The second-order valence-corrected chi connectivity index (χ2v) is 3.83. The zero-order valence-corrected chi connectivity index (χ0v) is 10.3. The normalized spacial score (nSPS) is 14.2. The van der Waals surface area contributed by atoms with E-state index in [2.05, 4.69) is 0 Å². The van der Waals surface area contributed by atoms with Gasteiger partial charge >= 0.3 is 12.1 Å². The molecule has 2 atom stereocenters. The third-order valence-corrected chi connectivity index (χ3v) is 2.18. The van der Waals surface area contributed by atoms with Crippen LogP contribution in [0.2, 0.25) is 0 Å². The highest BCUT2D eigenvalue weighted by Crippen LogP contribution is 2.23. The molecule has 0 saturated heterocycles. The Morgan fingerprint density at radius 3 is 2.20 bits per heavy atom. The summed E-state index contributed by atoms with van der Waals surface area (Å²) in [7, 11) is 0. The fourth-order valence-electron chi connectivity index (χ4n) is 1.18. The molecular weight excluding hydrogens is 287 g/mol. The number of hydroxylamine groups is 1. The number of halogens is 3. The lowest BCUT2D eigenvalue weighted by Gasteiger charge is -2.24. The topological polar surface area (TPSA) is 128 Å². The van der Waals surface area contributed by atoms with Gasteiger partial charge in [0, 0.05) is 0 Å². The Kier molecular flexibility index (Phi) is 6.93. The van der Waals surface area contributed by atoms with E-state index in [0.29, 0.717) is 0 Å². The van der Waals surface area contributed by atoms with Crippen molar-refractivity contribution < 1.29 is 37.9 Å². The van der Waals surface area contributed by atoms with Gasteiger partial charge in [-0.15, -0.1) is 0 Å². The van der Waals surface area contributed by atoms with Crippen LogP contribution >= 0.6 is 0 Å². The Balaban J connectivity index is 4.62. The summed E-state index contributed by atoms with van der Waals surface area (Å²) in [5.41, 5.74) is 1.17. The lowest BCUT2D eigenvalue weighted by atomic mass is 10.1. The molecule has 20 heavy (non-hydrogen) atoms. The summed E-state index contributed by atoms with van der Waals surface area (Å²) in [6, 6.07) is -3.76. The monoisotopic (exact) mass is 301 g/mol. The number of amides is 2. The zero-order chi connectivity index (χ0) is 15.9. The second kappa shape index (κ2) is 7.65. The molecule has 0 aromatic rings. The highest BCUT2D eigenvalue weighted by molar-refractivity contribution is 5.82. The van der Waals surface area contributed by atoms with E-state index in [-0.39, 0.29) is 0 Å². The second-order valence-electron chi connectivity index (χ2n) is 3.83. The van der Waals surface area contributed by atoms with Gasteiger partial charge in [0.25, 0.3) is 5.91 Å². The highest BCUT2D eigenvalue weighted by atomic mass is 19.4. The van der Waals surface area contributed by atoms with Gasteiger partial charge in [0.05, 0.1) is 12.5 Å². The molecule has 0 heterocycles. The van der Waals surface area contributed by atoms with E-state index in [1.165, 1.54) is 5.48 Å². The summed E-state index contributed by atoms with van der Waals surface area (Å²) < 4.78 is 38.0. The predicted molar refractivity (Wildman–Crippen MR) is 57.6 cm³/mol. The summed E-state index contributed by atoms with van der Waals surface area (Å²) in [6.07, 6.45) is -5.93. The minimum Gasteiger partial charge on any atom is -0.480 e. The molecule has 5 N–H and O–H groups in total. The zero-order valence-electron chi connectivity index (χ0n) is 10.3. The summed E-state index contributed by atoms with van der Waals surface area (Å²) in [5.74, 6) is -3.65. The molecule has 0 aromatic heterocycles. The standard InChI is InChI=1S/C9H14F3N3O5/c1-4(8(19)15-20)14-5(9(10,11)12)2-6(16)13-3-7(17)18/h4-5,14,20H,2-3H2,1H3,(H,13,16)(H,15,19)(H,17,18)/t4-,5+/m0/s1. The number of carboxylic acids is 1. The van der Waals surface area contributed by atoms with Crippen molar-refractivity contribution in [3.8, 4) is 0 Å². The first-order valence-electron chi connectivity index (χ1n) is 5.33. The van der Waals surface area contributed by atoms with Crippen molar-refractivity contribution in [3.05, 3.63) is 0 Å². The van der Waals surface area contributed by atoms with Gasteiger partial charge in [-0.1, -0.05) is 0 Å². The Morgan fingerprint density at radius 2 is 1.80 bits per heavy atom. The molecule has 0 aliphatic rings. The van der Waals surface area contributed by atoms with Crippen LogP contribution in [0.4, 0.5) is 13.2 Å². The van der Waals surface area contributed by atoms with E-state index in [1.807, 2.05) is 5.32 Å². The number of alkyl halides is 3. The summed E-state index contributed by atoms with van der Waals surface area (Å²) in [5, 5.41) is 20.1. The fraction of sp³-hybridized carbons (Fsp3) is 0.667. The quantitative estimate of drug-likeness (QED) is 0.303. The molecule has 0 aromatic carbocycles. The van der Waals surface area contributed by atoms with Crippen molar-refractivity contribution in [2.75, 3.05) is 6.54 Å². The van der Waals surface area contributed by atoms with Crippen LogP contribution in [0.5, 0.6) is 0 Å². The van der Waals surface area contributed by atoms with Crippen LogP contribution in [0.25, 0.3) is 0 Å². The molecule has 0 unspecified atom stereocenters. The Hall–Kier alpha value is -1.88. The largest absolute Gasteiger partial charge is 0.480 e. The Labute approximate surface area is 111 Å². The Bertz CT molecular complexity index is 374. The van der Waals surface area contributed by atoms with E-state index in [0.717, 1.165) is 6.92 Å². The maximum atomic E-state index is 12.7. The number of aliphatic carboxylic acids is 1. The average Bonchev–Trinajstić information content (AvgIpc) is 2.33. The van der Waals surface area contributed by atoms with Crippen molar-refractivity contribution in [2.45, 2.75) is 31.6 Å². The Morgan fingerprint density at radius 1 is 1.25 bits per heavy atom. The number of carbonyl (C=O) groups excluding carboxylic acids is 2. The summed E-state index contributed by atoms with van der Waals surface area (Å²) in [6.45, 7) is 0.246. The number of carbonyl (C=O) groups is 3. The molecule has 11 heteroatoms. The molecule has 0 spiro atoms. The molecule has 0 aliphatic carbocycles. The average molecular weight is 301 g/mol. The number of hydrogen-bond donors (Lipinski definition) is 5. The molecule has 0 rings (SSSR count). The van der Waals surface area contributed by atoms with Crippen molar-refractivity contribution in [2.24, 2.45) is 0 Å². The van der Waals surface area contributed by atoms with Crippen LogP contribution in [0.15, 0.2) is 0 Å². The smallest absolute Gasteiger partial charge is 0.404 e. The van der Waals surface area contributed by atoms with Gasteiger partial charge in [0.15, 0.2) is 0 Å². The number of rotatable bonds is 7. The van der Waals surface area contributed by atoms with Gasteiger partial charge < -0.3 is 10.4 Å². The molecule has 0 aliphatic heterocycles. The SMILES string of the molecule is C[C@H](N[C@H](CC(=O)NCC(=O)O)C(F)(F)F)C(=O)NO. The molecule has 0 fully saturated rings. The third-order valence-electron chi connectivity index (χ3n) is 2.18. The van der Waals surface area contributed by atoms with Crippen LogP contribution in [0.1, 0.15) is 13.3 Å². The van der Waals surface area contributed by atoms with Crippen molar-refractivity contribution in [1.82, 2.24) is 16.1 Å². The molecule has 116 valence electrons. The van der Waals surface area contributed by atoms with E-state index < -0.39 is 49.0 Å². The van der Waals surface area contributed by atoms with E-state index >= 15 is 0 Å². The number of hydrogen-bond acceptors (Lipinski definition) is 5. The molecule has 8 nitrogen and oxygen atoms in total. The summed E-state index contributed by atoms with van der Waals surface area (Å²) in [4.78, 5) is 32.2.